The molecule has 0 aliphatic carbocycles. The van der Waals surface area contributed by atoms with Gasteiger partial charge in [-0.2, -0.15) is 0 Å². The number of hydrogen-bond donors (Lipinski definition) is 1. The molecule has 0 unspecified atom stereocenters. The topological polar surface area (TPSA) is 30.5 Å². The van der Waals surface area contributed by atoms with E-state index in [1.54, 1.807) is 0 Å². The third-order valence-corrected chi connectivity index (χ3v) is 4.80. The van der Waals surface area contributed by atoms with Crippen molar-refractivity contribution in [1.82, 2.24) is 0 Å². The molecule has 3 rings (SSSR count). The average molecular weight is 390 g/mol. The minimum Gasteiger partial charge on any atom is -0.494 e. The van der Waals surface area contributed by atoms with Crippen LogP contribution in [0.2, 0.25) is 0 Å². The number of benzene rings is 3. The molecule has 3 aromatic carbocycles. The number of unbranched alkanes of at least 4 members (excludes halogenated alkanes) is 3. The molecular formula is C26H31NO2. The number of anilines is 1. The Morgan fingerprint density at radius 2 is 1.45 bits per heavy atom. The summed E-state index contributed by atoms with van der Waals surface area (Å²) >= 11 is 0. The minimum absolute atomic E-state index is 0.559. The molecular weight excluding hydrogens is 358 g/mol. The Kier molecular flexibility index (Phi) is 8.46. The lowest BCUT2D eigenvalue weighted by atomic mass is 10.2. The predicted molar refractivity (Wildman–Crippen MR) is 121 cm³/mol. The van der Waals surface area contributed by atoms with Gasteiger partial charge in [-0.3, -0.25) is 0 Å². The van der Waals surface area contributed by atoms with Gasteiger partial charge in [-0.25, -0.2) is 0 Å². The average Bonchev–Trinajstić information content (AvgIpc) is 2.78. The van der Waals surface area contributed by atoms with E-state index in [1.807, 2.05) is 42.5 Å². The van der Waals surface area contributed by atoms with E-state index in [9.17, 15) is 0 Å². The van der Waals surface area contributed by atoms with Crippen LogP contribution in [0.25, 0.3) is 0 Å². The van der Waals surface area contributed by atoms with Gasteiger partial charge < -0.3 is 14.8 Å². The monoisotopic (exact) mass is 389 g/mol. The predicted octanol–water partition coefficient (Wildman–Crippen LogP) is 6.84. The zero-order valence-corrected chi connectivity index (χ0v) is 17.3. The van der Waals surface area contributed by atoms with E-state index in [1.165, 1.54) is 24.8 Å². The highest BCUT2D eigenvalue weighted by atomic mass is 16.5. The van der Waals surface area contributed by atoms with Gasteiger partial charge in [0.2, 0.25) is 0 Å². The summed E-state index contributed by atoms with van der Waals surface area (Å²) in [5.41, 5.74) is 3.37. The van der Waals surface area contributed by atoms with Crippen LogP contribution in [0.15, 0.2) is 78.9 Å². The Morgan fingerprint density at radius 1 is 0.690 bits per heavy atom. The molecule has 0 bridgehead atoms. The highest BCUT2D eigenvalue weighted by Gasteiger charge is 2.04. The van der Waals surface area contributed by atoms with Crippen molar-refractivity contribution < 1.29 is 9.47 Å². The van der Waals surface area contributed by atoms with Gasteiger partial charge >= 0.3 is 0 Å². The van der Waals surface area contributed by atoms with Crippen molar-refractivity contribution in [2.45, 2.75) is 45.8 Å². The third kappa shape index (κ3) is 7.19. The van der Waals surface area contributed by atoms with Crippen molar-refractivity contribution in [2.24, 2.45) is 0 Å². The van der Waals surface area contributed by atoms with Crippen LogP contribution in [0.1, 0.15) is 43.7 Å². The fraction of sp³-hybridized carbons (Fsp3) is 0.308. The summed E-state index contributed by atoms with van der Waals surface area (Å²) in [6, 6.07) is 26.6. The molecule has 29 heavy (non-hydrogen) atoms. The Labute approximate surface area is 174 Å². The molecule has 0 amide bonds. The van der Waals surface area contributed by atoms with Gasteiger partial charge in [0.1, 0.15) is 18.1 Å². The van der Waals surface area contributed by atoms with Gasteiger partial charge in [0, 0.05) is 6.54 Å². The van der Waals surface area contributed by atoms with Crippen LogP contribution in [0.3, 0.4) is 0 Å². The number of rotatable bonds is 12. The normalized spacial score (nSPS) is 10.5. The van der Waals surface area contributed by atoms with Gasteiger partial charge in [-0.15, -0.1) is 0 Å². The Bertz CT molecular complexity index is 831. The maximum atomic E-state index is 6.02. The molecule has 152 valence electrons. The maximum Gasteiger partial charge on any atom is 0.142 e. The summed E-state index contributed by atoms with van der Waals surface area (Å²) in [5.74, 6) is 1.81. The van der Waals surface area contributed by atoms with Crippen LogP contribution < -0.4 is 14.8 Å². The Balaban J connectivity index is 1.48. The third-order valence-electron chi connectivity index (χ3n) is 4.80. The second-order valence-electron chi connectivity index (χ2n) is 7.18. The SMILES string of the molecule is CCCCCCOc1ccc(CNc2ccccc2OCc2ccccc2)cc1. The summed E-state index contributed by atoms with van der Waals surface area (Å²) in [4.78, 5) is 0. The number of nitrogens with one attached hydrogen (secondary N) is 1. The molecule has 0 aliphatic heterocycles. The quantitative estimate of drug-likeness (QED) is 0.344. The van der Waals surface area contributed by atoms with Crippen molar-refractivity contribution in [1.29, 1.82) is 0 Å². The summed E-state index contributed by atoms with van der Waals surface area (Å²) in [7, 11) is 0. The summed E-state index contributed by atoms with van der Waals surface area (Å²) < 4.78 is 11.8. The van der Waals surface area contributed by atoms with Gasteiger partial charge in [0.15, 0.2) is 0 Å². The van der Waals surface area contributed by atoms with Crippen molar-refractivity contribution in [3.63, 3.8) is 0 Å². The first-order chi connectivity index (χ1) is 14.3. The first-order valence-electron chi connectivity index (χ1n) is 10.6. The van der Waals surface area contributed by atoms with E-state index in [2.05, 4.69) is 48.6 Å². The molecule has 3 heteroatoms. The molecule has 0 saturated carbocycles. The van der Waals surface area contributed by atoms with Crippen molar-refractivity contribution >= 4 is 5.69 Å². The van der Waals surface area contributed by atoms with Gasteiger partial charge in [0.25, 0.3) is 0 Å². The van der Waals surface area contributed by atoms with Crippen molar-refractivity contribution in [3.05, 3.63) is 90.0 Å². The molecule has 0 aliphatic rings. The van der Waals surface area contributed by atoms with Crippen molar-refractivity contribution in [3.8, 4) is 11.5 Å². The zero-order chi connectivity index (χ0) is 20.2. The van der Waals surface area contributed by atoms with Crippen LogP contribution in [0.5, 0.6) is 11.5 Å². The molecule has 0 spiro atoms. The first kappa shape index (κ1) is 20.8. The summed E-state index contributed by atoms with van der Waals surface area (Å²) in [6.45, 7) is 4.32. The summed E-state index contributed by atoms with van der Waals surface area (Å²) in [5, 5.41) is 3.49. The van der Waals surface area contributed by atoms with E-state index in [0.717, 1.165) is 42.3 Å². The molecule has 0 heterocycles. The molecule has 0 aromatic heterocycles. The van der Waals surface area contributed by atoms with E-state index in [0.29, 0.717) is 6.61 Å². The maximum absolute atomic E-state index is 6.02. The Hall–Kier alpha value is -2.94. The largest absolute Gasteiger partial charge is 0.494 e. The molecule has 0 radical (unpaired) electrons. The van der Waals surface area contributed by atoms with E-state index < -0.39 is 0 Å². The first-order valence-corrected chi connectivity index (χ1v) is 10.6. The molecule has 0 fully saturated rings. The summed E-state index contributed by atoms with van der Waals surface area (Å²) in [6.07, 6.45) is 4.90. The molecule has 0 saturated heterocycles. The van der Waals surface area contributed by atoms with Gasteiger partial charge in [-0.1, -0.05) is 80.8 Å². The van der Waals surface area contributed by atoms with Crippen LogP contribution >= 0.6 is 0 Å². The lowest BCUT2D eigenvalue weighted by Crippen LogP contribution is -2.03. The van der Waals surface area contributed by atoms with Gasteiger partial charge in [0.05, 0.1) is 12.3 Å². The fourth-order valence-corrected chi connectivity index (χ4v) is 3.09. The van der Waals surface area contributed by atoms with Crippen LogP contribution in [-0.4, -0.2) is 6.61 Å². The molecule has 1 N–H and O–H groups in total. The molecule has 3 nitrogen and oxygen atoms in total. The minimum atomic E-state index is 0.559. The Morgan fingerprint density at radius 3 is 2.24 bits per heavy atom. The van der Waals surface area contributed by atoms with Crippen molar-refractivity contribution in [2.75, 3.05) is 11.9 Å². The lowest BCUT2D eigenvalue weighted by Gasteiger charge is -2.14. The van der Waals surface area contributed by atoms with E-state index >= 15 is 0 Å². The molecule has 0 atom stereocenters. The highest BCUT2D eigenvalue weighted by molar-refractivity contribution is 5.56. The standard InChI is InChI=1S/C26H31NO2/c1-2-3-4-10-19-28-24-17-15-22(16-18-24)20-27-25-13-8-9-14-26(25)29-21-23-11-6-5-7-12-23/h5-9,11-18,27H,2-4,10,19-21H2,1H3. The smallest absolute Gasteiger partial charge is 0.142 e. The highest BCUT2D eigenvalue weighted by Crippen LogP contribution is 2.25. The second kappa shape index (κ2) is 11.8. The number of hydrogen-bond acceptors (Lipinski definition) is 3. The van der Waals surface area contributed by atoms with Gasteiger partial charge in [-0.05, 0) is 41.8 Å². The zero-order valence-electron chi connectivity index (χ0n) is 17.3. The molecule has 3 aromatic rings. The van der Waals surface area contributed by atoms with Crippen LogP contribution in [-0.2, 0) is 13.2 Å². The van der Waals surface area contributed by atoms with Crippen LogP contribution in [0.4, 0.5) is 5.69 Å². The fourth-order valence-electron chi connectivity index (χ4n) is 3.09. The van der Waals surface area contributed by atoms with Crippen LogP contribution in [0, 0.1) is 0 Å². The number of ether oxygens (including phenoxy) is 2. The lowest BCUT2D eigenvalue weighted by molar-refractivity contribution is 0.305. The number of para-hydroxylation sites is 2. The van der Waals surface area contributed by atoms with E-state index in [-0.39, 0.29) is 0 Å². The van der Waals surface area contributed by atoms with E-state index in [4.69, 9.17) is 9.47 Å². The second-order valence-corrected chi connectivity index (χ2v) is 7.18.